The highest BCUT2D eigenvalue weighted by molar-refractivity contribution is 6.07. The maximum Gasteiger partial charge on any atom is 0.338 e. The third-order valence-corrected chi connectivity index (χ3v) is 5.17. The molecule has 2 aromatic heterocycles. The number of fused-ring (bicyclic) bond motifs is 3. The van der Waals surface area contributed by atoms with Gasteiger partial charge in [0.1, 0.15) is 12.1 Å². The largest absolute Gasteiger partial charge is 0.462 e. The predicted molar refractivity (Wildman–Crippen MR) is 123 cm³/mol. The van der Waals surface area contributed by atoms with E-state index in [2.05, 4.69) is 17.3 Å². The van der Waals surface area contributed by atoms with Crippen molar-refractivity contribution in [2.45, 2.75) is 33.4 Å². The Morgan fingerprint density at radius 1 is 1.06 bits per heavy atom. The number of anilines is 1. The van der Waals surface area contributed by atoms with Crippen molar-refractivity contribution in [1.29, 1.82) is 0 Å². The van der Waals surface area contributed by atoms with Crippen LogP contribution in [0.2, 0.25) is 0 Å². The van der Waals surface area contributed by atoms with Gasteiger partial charge >= 0.3 is 5.97 Å². The third kappa shape index (κ3) is 3.99. The van der Waals surface area contributed by atoms with Crippen molar-refractivity contribution in [3.8, 4) is 0 Å². The van der Waals surface area contributed by atoms with E-state index in [9.17, 15) is 14.4 Å². The zero-order chi connectivity index (χ0) is 22.7. The van der Waals surface area contributed by atoms with Crippen molar-refractivity contribution in [3.05, 3.63) is 70.6 Å². The first-order valence-corrected chi connectivity index (χ1v) is 10.6. The first-order valence-electron chi connectivity index (χ1n) is 10.6. The van der Waals surface area contributed by atoms with Crippen LogP contribution in [0.25, 0.3) is 21.8 Å². The maximum absolute atomic E-state index is 13.2. The Morgan fingerprint density at radius 2 is 1.88 bits per heavy atom. The van der Waals surface area contributed by atoms with E-state index < -0.39 is 11.9 Å². The van der Waals surface area contributed by atoms with Crippen LogP contribution in [0.1, 0.15) is 30.6 Å². The van der Waals surface area contributed by atoms with Crippen LogP contribution < -0.4 is 10.9 Å². The molecule has 0 spiro atoms. The van der Waals surface area contributed by atoms with E-state index in [1.807, 2.05) is 28.8 Å². The lowest BCUT2D eigenvalue weighted by Gasteiger charge is -2.09. The Morgan fingerprint density at radius 3 is 2.66 bits per heavy atom. The summed E-state index contributed by atoms with van der Waals surface area (Å²) in [6.45, 7) is 4.49. The van der Waals surface area contributed by atoms with E-state index in [1.54, 1.807) is 31.3 Å². The van der Waals surface area contributed by atoms with Crippen LogP contribution in [0, 0.1) is 0 Å². The van der Waals surface area contributed by atoms with Gasteiger partial charge in [-0.2, -0.15) is 5.10 Å². The average Bonchev–Trinajstić information content (AvgIpc) is 3.11. The van der Waals surface area contributed by atoms with Gasteiger partial charge in [-0.1, -0.05) is 31.2 Å². The molecule has 0 fully saturated rings. The summed E-state index contributed by atoms with van der Waals surface area (Å²) in [4.78, 5) is 37.8. The van der Waals surface area contributed by atoms with E-state index in [0.717, 1.165) is 27.4 Å². The van der Waals surface area contributed by atoms with E-state index >= 15 is 0 Å². The monoisotopic (exact) mass is 432 g/mol. The van der Waals surface area contributed by atoms with E-state index in [1.165, 1.54) is 6.07 Å². The molecule has 0 atom stereocenters. The van der Waals surface area contributed by atoms with Crippen LogP contribution in [0.4, 0.5) is 5.69 Å². The molecule has 32 heavy (non-hydrogen) atoms. The van der Waals surface area contributed by atoms with E-state index in [0.29, 0.717) is 23.3 Å². The van der Waals surface area contributed by atoms with Gasteiger partial charge in [-0.15, -0.1) is 0 Å². The van der Waals surface area contributed by atoms with Crippen LogP contribution in [0.5, 0.6) is 0 Å². The lowest BCUT2D eigenvalue weighted by molar-refractivity contribution is -0.117. The molecule has 164 valence electrons. The standard InChI is InChI=1S/C24H24N4O4/c1-3-12-27-20-11-6-5-10-18(20)19-14-25-28(23(30)22(19)27)15-21(29)26-17-9-7-8-16(13-17)24(31)32-4-2/h5-11,13-14H,3-4,12,15H2,1-2H3,(H,26,29). The number of aromatic nitrogens is 3. The second-order valence-electron chi connectivity index (χ2n) is 7.39. The summed E-state index contributed by atoms with van der Waals surface area (Å²) in [6, 6.07) is 14.3. The quantitative estimate of drug-likeness (QED) is 0.451. The number of nitrogens with zero attached hydrogens (tertiary/aromatic N) is 3. The molecule has 4 aromatic rings. The molecular weight excluding hydrogens is 408 g/mol. The van der Waals surface area contributed by atoms with Crippen LogP contribution >= 0.6 is 0 Å². The van der Waals surface area contributed by atoms with Crippen molar-refractivity contribution in [3.63, 3.8) is 0 Å². The second-order valence-corrected chi connectivity index (χ2v) is 7.39. The number of nitrogens with one attached hydrogen (secondary N) is 1. The molecule has 0 aliphatic carbocycles. The van der Waals surface area contributed by atoms with Crippen molar-refractivity contribution in [2.24, 2.45) is 0 Å². The van der Waals surface area contributed by atoms with Crippen molar-refractivity contribution < 1.29 is 14.3 Å². The molecule has 0 bridgehead atoms. The topological polar surface area (TPSA) is 95.2 Å². The molecule has 2 heterocycles. The zero-order valence-corrected chi connectivity index (χ0v) is 18.0. The zero-order valence-electron chi connectivity index (χ0n) is 18.0. The number of hydrogen-bond donors (Lipinski definition) is 1. The van der Waals surface area contributed by atoms with Gasteiger partial charge in [0.15, 0.2) is 0 Å². The molecule has 8 heteroatoms. The van der Waals surface area contributed by atoms with Crippen molar-refractivity contribution in [1.82, 2.24) is 14.3 Å². The summed E-state index contributed by atoms with van der Waals surface area (Å²) in [6.07, 6.45) is 2.51. The highest BCUT2D eigenvalue weighted by Gasteiger charge is 2.17. The summed E-state index contributed by atoms with van der Waals surface area (Å²) in [5.41, 5.74) is 1.98. The minimum atomic E-state index is -0.462. The maximum atomic E-state index is 13.2. The summed E-state index contributed by atoms with van der Waals surface area (Å²) >= 11 is 0. The minimum absolute atomic E-state index is 0.244. The molecular formula is C24H24N4O4. The Kier molecular flexibility index (Phi) is 6.02. The number of amides is 1. The smallest absolute Gasteiger partial charge is 0.338 e. The van der Waals surface area contributed by atoms with Crippen LogP contribution in [-0.4, -0.2) is 32.8 Å². The highest BCUT2D eigenvalue weighted by Crippen LogP contribution is 2.26. The molecule has 1 amide bonds. The van der Waals surface area contributed by atoms with Crippen molar-refractivity contribution in [2.75, 3.05) is 11.9 Å². The van der Waals surface area contributed by atoms with Crippen molar-refractivity contribution >= 4 is 39.4 Å². The number of esters is 1. The second kappa shape index (κ2) is 9.05. The molecule has 0 saturated carbocycles. The lowest BCUT2D eigenvalue weighted by Crippen LogP contribution is -2.30. The Bertz CT molecular complexity index is 1370. The molecule has 1 N–H and O–H groups in total. The normalized spacial score (nSPS) is 11.1. The van der Waals surface area contributed by atoms with E-state index in [-0.39, 0.29) is 18.7 Å². The van der Waals surface area contributed by atoms with Gasteiger partial charge in [0.05, 0.1) is 18.4 Å². The van der Waals surface area contributed by atoms with Gasteiger partial charge in [0.25, 0.3) is 5.56 Å². The Hall–Kier alpha value is -3.94. The summed E-state index contributed by atoms with van der Waals surface area (Å²) in [7, 11) is 0. The highest BCUT2D eigenvalue weighted by atomic mass is 16.5. The van der Waals surface area contributed by atoms with Gasteiger partial charge in [0, 0.05) is 28.5 Å². The molecule has 0 aliphatic heterocycles. The fourth-order valence-electron chi connectivity index (χ4n) is 3.84. The predicted octanol–water partition coefficient (Wildman–Crippen LogP) is 3.58. The molecule has 0 aliphatic rings. The van der Waals surface area contributed by atoms with Crippen LogP contribution in [-0.2, 0) is 22.6 Å². The fraction of sp³-hybridized carbons (Fsp3) is 0.250. The Balaban J connectivity index is 1.63. The number of para-hydroxylation sites is 1. The van der Waals surface area contributed by atoms with E-state index in [4.69, 9.17) is 4.74 Å². The summed E-state index contributed by atoms with van der Waals surface area (Å²) in [5, 5.41) is 8.70. The van der Waals surface area contributed by atoms with Gasteiger partial charge in [-0.05, 0) is 37.6 Å². The lowest BCUT2D eigenvalue weighted by atomic mass is 10.2. The minimum Gasteiger partial charge on any atom is -0.462 e. The number of carbonyl (C=O) groups excluding carboxylic acids is 2. The van der Waals surface area contributed by atoms with Crippen LogP contribution in [0.15, 0.2) is 59.5 Å². The van der Waals surface area contributed by atoms with Gasteiger partial charge in [-0.25, -0.2) is 9.48 Å². The fourth-order valence-corrected chi connectivity index (χ4v) is 3.84. The number of carbonyl (C=O) groups is 2. The van der Waals surface area contributed by atoms with Gasteiger partial charge in [-0.3, -0.25) is 9.59 Å². The van der Waals surface area contributed by atoms with Gasteiger partial charge < -0.3 is 14.6 Å². The molecule has 8 nitrogen and oxygen atoms in total. The molecule has 0 saturated heterocycles. The molecule has 0 unspecified atom stereocenters. The Labute approximate surface area is 184 Å². The van der Waals surface area contributed by atoms with Crippen LogP contribution in [0.3, 0.4) is 0 Å². The number of rotatable bonds is 7. The number of aryl methyl sites for hydroxylation is 1. The molecule has 0 radical (unpaired) electrons. The summed E-state index contributed by atoms with van der Waals surface area (Å²) in [5.74, 6) is -0.881. The third-order valence-electron chi connectivity index (χ3n) is 5.17. The number of hydrogen-bond acceptors (Lipinski definition) is 5. The number of ether oxygens (including phenoxy) is 1. The molecule has 4 rings (SSSR count). The first kappa shape index (κ1) is 21.3. The first-order chi connectivity index (χ1) is 15.5. The molecule has 2 aromatic carbocycles. The average molecular weight is 432 g/mol. The number of benzene rings is 2. The SMILES string of the molecule is CCCn1c2ccccc2c2cnn(CC(=O)Nc3cccc(C(=O)OCC)c3)c(=O)c21. The summed E-state index contributed by atoms with van der Waals surface area (Å²) < 4.78 is 8.14. The van der Waals surface area contributed by atoms with Gasteiger partial charge in [0.2, 0.25) is 5.91 Å².